The van der Waals surface area contributed by atoms with Crippen LogP contribution in [0.3, 0.4) is 0 Å². The molecule has 2 fully saturated rings. The maximum atomic E-state index is 14.2. The molecule has 0 radical (unpaired) electrons. The van der Waals surface area contributed by atoms with Crippen molar-refractivity contribution >= 4 is 18.0 Å². The van der Waals surface area contributed by atoms with Crippen LogP contribution in [0.2, 0.25) is 0 Å². The van der Waals surface area contributed by atoms with Gasteiger partial charge in [0, 0.05) is 12.1 Å². The molecule has 2 aromatic carbocycles. The van der Waals surface area contributed by atoms with Crippen molar-refractivity contribution in [3.63, 3.8) is 0 Å². The Morgan fingerprint density at radius 3 is 2.59 bits per heavy atom. The highest BCUT2D eigenvalue weighted by Gasteiger charge is 2.41. The molecule has 1 heterocycles. The molecule has 6 heteroatoms. The summed E-state index contributed by atoms with van der Waals surface area (Å²) in [6.07, 6.45) is 5.25. The Morgan fingerprint density at radius 1 is 1.14 bits per heavy atom. The molecule has 150 valence electrons. The lowest BCUT2D eigenvalue weighted by Gasteiger charge is -2.44. The molecule has 2 aromatic rings. The van der Waals surface area contributed by atoms with Crippen LogP contribution in [-0.2, 0) is 16.1 Å². The number of carbonyl (C=O) groups is 2. The van der Waals surface area contributed by atoms with E-state index in [1.807, 2.05) is 0 Å². The molecular formula is C23H22FNO4. The number of ether oxygens (including phenoxy) is 1. The summed E-state index contributed by atoms with van der Waals surface area (Å²) in [5.41, 5.74) is 1.34. The maximum Gasteiger partial charge on any atom is 0.335 e. The SMILES string of the molecule is O=C(O)c1ccc(/C=C2\OC3CCCCC3N(Cc3ccccc3F)C2=O)cc1. The lowest BCUT2D eigenvalue weighted by atomic mass is 9.89. The van der Waals surface area contributed by atoms with Crippen molar-refractivity contribution in [2.75, 3.05) is 0 Å². The second-order valence-electron chi connectivity index (χ2n) is 7.47. The van der Waals surface area contributed by atoms with E-state index < -0.39 is 5.97 Å². The molecule has 29 heavy (non-hydrogen) atoms. The predicted octanol–water partition coefficient (Wildman–Crippen LogP) is 4.24. The van der Waals surface area contributed by atoms with Crippen LogP contribution in [0.25, 0.3) is 6.08 Å². The Balaban J connectivity index is 1.64. The Kier molecular flexibility index (Phi) is 5.34. The van der Waals surface area contributed by atoms with Gasteiger partial charge in [0.1, 0.15) is 11.9 Å². The number of hydrogen-bond acceptors (Lipinski definition) is 3. The van der Waals surface area contributed by atoms with Crippen LogP contribution in [-0.4, -0.2) is 34.0 Å². The van der Waals surface area contributed by atoms with Crippen molar-refractivity contribution in [3.05, 3.63) is 76.8 Å². The number of carbonyl (C=O) groups excluding carboxylic acids is 1. The standard InChI is InChI=1S/C23H22FNO4/c24-18-6-2-1-5-17(18)14-25-19-7-3-4-8-20(19)29-21(22(25)26)13-15-9-11-16(12-10-15)23(27)28/h1-2,5-6,9-13,19-20H,3-4,7-8,14H2,(H,27,28)/b21-13-. The quantitative estimate of drug-likeness (QED) is 0.787. The van der Waals surface area contributed by atoms with Gasteiger partial charge in [-0.1, -0.05) is 36.8 Å². The summed E-state index contributed by atoms with van der Waals surface area (Å²) < 4.78 is 20.3. The molecule has 1 aliphatic heterocycles. The van der Waals surface area contributed by atoms with Gasteiger partial charge in [-0.15, -0.1) is 0 Å². The average Bonchev–Trinajstić information content (AvgIpc) is 2.73. The number of rotatable bonds is 4. The van der Waals surface area contributed by atoms with Crippen molar-refractivity contribution in [1.82, 2.24) is 4.90 Å². The smallest absolute Gasteiger partial charge is 0.335 e. The third-order valence-corrected chi connectivity index (χ3v) is 5.57. The van der Waals surface area contributed by atoms with E-state index in [9.17, 15) is 14.0 Å². The number of benzene rings is 2. The Morgan fingerprint density at radius 2 is 1.86 bits per heavy atom. The van der Waals surface area contributed by atoms with E-state index in [0.717, 1.165) is 25.7 Å². The lowest BCUT2D eigenvalue weighted by molar-refractivity contribution is -0.149. The zero-order valence-electron chi connectivity index (χ0n) is 15.9. The van der Waals surface area contributed by atoms with Crippen LogP contribution < -0.4 is 0 Å². The molecular weight excluding hydrogens is 373 g/mol. The molecule has 0 bridgehead atoms. The minimum Gasteiger partial charge on any atom is -0.482 e. The number of fused-ring (bicyclic) bond motifs is 1. The van der Waals surface area contributed by atoms with Crippen LogP contribution in [0.15, 0.2) is 54.3 Å². The summed E-state index contributed by atoms with van der Waals surface area (Å²) in [6.45, 7) is 0.200. The van der Waals surface area contributed by atoms with Crippen molar-refractivity contribution in [2.45, 2.75) is 44.4 Å². The van der Waals surface area contributed by atoms with Crippen molar-refractivity contribution < 1.29 is 23.8 Å². The molecule has 0 spiro atoms. The van der Waals surface area contributed by atoms with Crippen LogP contribution in [0, 0.1) is 5.82 Å². The number of nitrogens with zero attached hydrogens (tertiary/aromatic N) is 1. The summed E-state index contributed by atoms with van der Waals surface area (Å²) in [5, 5.41) is 9.03. The van der Waals surface area contributed by atoms with Crippen LogP contribution >= 0.6 is 0 Å². The zero-order chi connectivity index (χ0) is 20.4. The minimum atomic E-state index is -1.00. The summed E-state index contributed by atoms with van der Waals surface area (Å²) >= 11 is 0. The van der Waals surface area contributed by atoms with Crippen LogP contribution in [0.5, 0.6) is 0 Å². The van der Waals surface area contributed by atoms with Crippen molar-refractivity contribution in [2.24, 2.45) is 0 Å². The number of halogens is 1. The predicted molar refractivity (Wildman–Crippen MR) is 105 cm³/mol. The van der Waals surface area contributed by atoms with E-state index in [1.54, 1.807) is 41.3 Å². The van der Waals surface area contributed by atoms with Crippen LogP contribution in [0.1, 0.15) is 47.2 Å². The van der Waals surface area contributed by atoms with E-state index in [4.69, 9.17) is 9.84 Å². The van der Waals surface area contributed by atoms with Gasteiger partial charge >= 0.3 is 5.97 Å². The molecule has 2 aliphatic rings. The first-order chi connectivity index (χ1) is 14.0. The van der Waals surface area contributed by atoms with Crippen molar-refractivity contribution in [1.29, 1.82) is 0 Å². The van der Waals surface area contributed by atoms with Gasteiger partial charge in [-0.25, -0.2) is 9.18 Å². The molecule has 1 saturated heterocycles. The highest BCUT2D eigenvalue weighted by Crippen LogP contribution is 2.34. The van der Waals surface area contributed by atoms with Gasteiger partial charge in [-0.2, -0.15) is 0 Å². The van der Waals surface area contributed by atoms with E-state index in [1.165, 1.54) is 18.2 Å². The normalized spacial score (nSPS) is 22.9. The highest BCUT2D eigenvalue weighted by atomic mass is 19.1. The summed E-state index contributed by atoms with van der Waals surface area (Å²) in [4.78, 5) is 25.9. The number of amides is 1. The average molecular weight is 395 g/mol. The van der Waals surface area contributed by atoms with Crippen molar-refractivity contribution in [3.8, 4) is 0 Å². The second-order valence-corrected chi connectivity index (χ2v) is 7.47. The molecule has 1 aliphatic carbocycles. The van der Waals surface area contributed by atoms with E-state index in [-0.39, 0.29) is 41.7 Å². The molecule has 2 atom stereocenters. The summed E-state index contributed by atoms with van der Waals surface area (Å²) in [6, 6.07) is 12.7. The molecule has 2 unspecified atom stereocenters. The van der Waals surface area contributed by atoms with E-state index >= 15 is 0 Å². The number of aromatic carboxylic acids is 1. The van der Waals surface area contributed by atoms with Gasteiger partial charge in [0.25, 0.3) is 5.91 Å². The molecule has 1 amide bonds. The van der Waals surface area contributed by atoms with Crippen LogP contribution in [0.4, 0.5) is 4.39 Å². The zero-order valence-corrected chi connectivity index (χ0v) is 15.9. The van der Waals surface area contributed by atoms with Gasteiger partial charge in [-0.05, 0) is 49.1 Å². The third-order valence-electron chi connectivity index (χ3n) is 5.57. The molecule has 0 aromatic heterocycles. The fourth-order valence-corrected chi connectivity index (χ4v) is 4.05. The van der Waals surface area contributed by atoms with Gasteiger partial charge in [0.2, 0.25) is 0 Å². The lowest BCUT2D eigenvalue weighted by Crippen LogP contribution is -2.54. The first-order valence-electron chi connectivity index (χ1n) is 9.79. The van der Waals surface area contributed by atoms with E-state index in [0.29, 0.717) is 11.1 Å². The minimum absolute atomic E-state index is 0.0672. The number of carboxylic acid groups (broad SMARTS) is 1. The molecule has 4 rings (SSSR count). The monoisotopic (exact) mass is 395 g/mol. The Hall–Kier alpha value is -3.15. The summed E-state index contributed by atoms with van der Waals surface area (Å²) in [5.74, 6) is -1.38. The van der Waals surface area contributed by atoms with E-state index in [2.05, 4.69) is 0 Å². The summed E-state index contributed by atoms with van der Waals surface area (Å²) in [7, 11) is 0. The number of morpholine rings is 1. The fourth-order valence-electron chi connectivity index (χ4n) is 4.05. The second kappa shape index (κ2) is 8.07. The topological polar surface area (TPSA) is 66.8 Å². The molecule has 5 nitrogen and oxygen atoms in total. The van der Waals surface area contributed by atoms with Gasteiger partial charge in [-0.3, -0.25) is 4.79 Å². The third kappa shape index (κ3) is 4.01. The molecule has 1 N–H and O–H groups in total. The Labute approximate surface area is 168 Å². The van der Waals surface area contributed by atoms with Gasteiger partial charge < -0.3 is 14.7 Å². The first-order valence-corrected chi connectivity index (χ1v) is 9.79. The fraction of sp³-hybridized carbons (Fsp3) is 0.304. The highest BCUT2D eigenvalue weighted by molar-refractivity contribution is 5.97. The number of carboxylic acids is 1. The largest absolute Gasteiger partial charge is 0.482 e. The first kappa shape index (κ1) is 19.2. The Bertz CT molecular complexity index is 954. The van der Waals surface area contributed by atoms with Gasteiger partial charge in [0.15, 0.2) is 5.76 Å². The molecule has 1 saturated carbocycles. The van der Waals surface area contributed by atoms with Gasteiger partial charge in [0.05, 0.1) is 11.6 Å². The number of hydrogen-bond donors (Lipinski definition) is 1. The maximum absolute atomic E-state index is 14.2.